The van der Waals surface area contributed by atoms with Gasteiger partial charge in [0.2, 0.25) is 11.5 Å². The summed E-state index contributed by atoms with van der Waals surface area (Å²) in [7, 11) is 0. The number of benzene rings is 3. The molecule has 0 radical (unpaired) electrons. The molecule has 12 heteroatoms. The standard InChI is InChI=1S/C102H166N4O8/c1-7-13-19-25-31-37-43-49-55-61-74-109-95-81-89(82-96(110-75-62-56-50-44-38-32-26-20-14-8-2)99(95)113-78-65-59-53-47-41-35-29-23-17-11-5)101(107)105-91-70-72-103-93(85-91)87-68-67-69-88(80-87)94-86-92(71-73-104-94)106-102(108)90-83-97(111-76-63-57-51-45-39-33-27-21-15-9-3)100(114-79-66-60-54-48-42-36-30-24-18-12-6)98(84-90)112-77-64-58-52-46-40-34-28-22-16-10-4/h67-73,80-86H,7-66,74-79H2,1-6H3,(H,103,105,107)(H,104,106,108). The second-order valence-electron chi connectivity index (χ2n) is 33.1. The highest BCUT2D eigenvalue weighted by Gasteiger charge is 2.23. The van der Waals surface area contributed by atoms with Crippen LogP contribution in [0.4, 0.5) is 11.4 Å². The van der Waals surface area contributed by atoms with Crippen LogP contribution >= 0.6 is 0 Å². The first-order valence-corrected chi connectivity index (χ1v) is 48.1. The number of rotatable bonds is 78. The average molecular weight is 1580 g/mol. The lowest BCUT2D eigenvalue weighted by Gasteiger charge is -2.19. The second kappa shape index (κ2) is 68.7. The lowest BCUT2D eigenvalue weighted by Crippen LogP contribution is -2.14. The number of hydrogen-bond donors (Lipinski definition) is 2. The van der Waals surface area contributed by atoms with Crippen molar-refractivity contribution in [1.29, 1.82) is 0 Å². The summed E-state index contributed by atoms with van der Waals surface area (Å²) < 4.78 is 40.2. The Hall–Kier alpha value is -6.30. The Morgan fingerprint density at radius 2 is 0.447 bits per heavy atom. The maximum atomic E-state index is 14.7. The fourth-order valence-electron chi connectivity index (χ4n) is 15.3. The van der Waals surface area contributed by atoms with Gasteiger partial charge in [0.1, 0.15) is 0 Å². The number of pyridine rings is 2. The minimum Gasteiger partial charge on any atom is -0.490 e. The van der Waals surface area contributed by atoms with Crippen LogP contribution in [-0.2, 0) is 0 Å². The number of nitrogens with zero attached hydrogens (tertiary/aromatic N) is 2. The number of ether oxygens (including phenoxy) is 6. The van der Waals surface area contributed by atoms with Gasteiger partial charge in [-0.05, 0) is 93.1 Å². The molecule has 5 aromatic rings. The summed E-state index contributed by atoms with van der Waals surface area (Å²) in [5, 5.41) is 6.45. The number of hydrogen-bond acceptors (Lipinski definition) is 10. The van der Waals surface area contributed by atoms with E-state index in [0.717, 1.165) is 88.2 Å². The second-order valence-corrected chi connectivity index (χ2v) is 33.1. The summed E-state index contributed by atoms with van der Waals surface area (Å²) in [6.07, 6.45) is 77.9. The van der Waals surface area contributed by atoms with E-state index >= 15 is 0 Å². The van der Waals surface area contributed by atoms with Crippen molar-refractivity contribution >= 4 is 23.2 Å². The van der Waals surface area contributed by atoms with E-state index in [1.54, 1.807) is 12.4 Å². The van der Waals surface area contributed by atoms with Gasteiger partial charge in [-0.2, -0.15) is 0 Å². The average Bonchev–Trinajstić information content (AvgIpc) is 0.818. The first-order valence-electron chi connectivity index (χ1n) is 48.1. The minimum absolute atomic E-state index is 0.275. The van der Waals surface area contributed by atoms with Gasteiger partial charge in [-0.1, -0.05) is 406 Å². The van der Waals surface area contributed by atoms with Crippen molar-refractivity contribution in [3.63, 3.8) is 0 Å². The van der Waals surface area contributed by atoms with Crippen LogP contribution in [0.5, 0.6) is 34.5 Å². The topological polar surface area (TPSA) is 139 Å². The van der Waals surface area contributed by atoms with Crippen molar-refractivity contribution in [1.82, 2.24) is 9.97 Å². The van der Waals surface area contributed by atoms with Crippen LogP contribution in [0.3, 0.4) is 0 Å². The molecule has 642 valence electrons. The molecule has 2 aromatic heterocycles. The first kappa shape index (κ1) is 98.3. The van der Waals surface area contributed by atoms with Gasteiger partial charge < -0.3 is 39.1 Å². The summed E-state index contributed by atoms with van der Waals surface area (Å²) in [4.78, 5) is 39.2. The number of amides is 2. The Morgan fingerprint density at radius 3 is 0.667 bits per heavy atom. The number of anilines is 2. The SMILES string of the molecule is CCCCCCCCCCCCOc1cc(C(=O)Nc2ccnc(-c3cccc(-c4cc(NC(=O)c5cc(OCCCCCCCCCCCC)c(OCCCCCCCCCCCC)c(OCCCCCCCCCCCC)c5)ccn4)c3)c2)cc(OCCCCCCCCCCCC)c1OCCCCCCCCCCCC. The molecule has 2 amide bonds. The summed E-state index contributed by atoms with van der Waals surface area (Å²) in [5.41, 5.74) is 5.16. The lowest BCUT2D eigenvalue weighted by molar-refractivity contribution is 0.101. The van der Waals surface area contributed by atoms with Crippen LogP contribution in [0.1, 0.15) is 448 Å². The molecule has 114 heavy (non-hydrogen) atoms. The third-order valence-electron chi connectivity index (χ3n) is 22.6. The largest absolute Gasteiger partial charge is 0.490 e. The third kappa shape index (κ3) is 46.6. The van der Waals surface area contributed by atoms with E-state index < -0.39 is 0 Å². The van der Waals surface area contributed by atoms with Gasteiger partial charge in [0.25, 0.3) is 11.8 Å². The van der Waals surface area contributed by atoms with Crippen LogP contribution in [0.15, 0.2) is 85.2 Å². The molecule has 0 bridgehead atoms. The van der Waals surface area contributed by atoms with Crippen molar-refractivity contribution in [2.75, 3.05) is 50.3 Å². The molecule has 0 spiro atoms. The van der Waals surface area contributed by atoms with E-state index in [4.69, 9.17) is 38.4 Å². The van der Waals surface area contributed by atoms with Crippen LogP contribution in [-0.4, -0.2) is 61.4 Å². The monoisotopic (exact) mass is 1580 g/mol. The van der Waals surface area contributed by atoms with Gasteiger partial charge in [-0.25, -0.2) is 0 Å². The maximum Gasteiger partial charge on any atom is 0.255 e. The summed E-state index contributed by atoms with van der Waals surface area (Å²) in [5.74, 6) is 2.89. The fraction of sp³-hybridized carbons (Fsp3) is 0.706. The van der Waals surface area contributed by atoms with Crippen molar-refractivity contribution in [2.45, 2.75) is 427 Å². The van der Waals surface area contributed by atoms with Gasteiger partial charge in [0.05, 0.1) is 51.0 Å². The molecule has 0 fully saturated rings. The number of nitrogens with one attached hydrogen (secondary N) is 2. The molecule has 0 saturated heterocycles. The predicted octanol–water partition coefficient (Wildman–Crippen LogP) is 32.1. The lowest BCUT2D eigenvalue weighted by atomic mass is 10.0. The molecular formula is C102H166N4O8. The highest BCUT2D eigenvalue weighted by molar-refractivity contribution is 6.06. The maximum absolute atomic E-state index is 14.7. The zero-order chi connectivity index (χ0) is 80.9. The Morgan fingerprint density at radius 1 is 0.246 bits per heavy atom. The van der Waals surface area contributed by atoms with Crippen LogP contribution in [0.25, 0.3) is 22.5 Å². The van der Waals surface area contributed by atoms with Crippen molar-refractivity contribution in [3.05, 3.63) is 96.3 Å². The van der Waals surface area contributed by atoms with Crippen molar-refractivity contribution in [2.24, 2.45) is 0 Å². The smallest absolute Gasteiger partial charge is 0.255 e. The van der Waals surface area contributed by atoms with E-state index in [0.29, 0.717) is 108 Å². The summed E-state index contributed by atoms with van der Waals surface area (Å²) >= 11 is 0. The molecule has 12 nitrogen and oxygen atoms in total. The molecular weight excluding hydrogens is 1410 g/mol. The Kier molecular flexibility index (Phi) is 59.2. The van der Waals surface area contributed by atoms with Crippen molar-refractivity contribution in [3.8, 4) is 57.0 Å². The van der Waals surface area contributed by atoms with Gasteiger partial charge in [0.15, 0.2) is 23.0 Å². The first-order chi connectivity index (χ1) is 56.3. The van der Waals surface area contributed by atoms with Gasteiger partial charge in [-0.3, -0.25) is 19.6 Å². The predicted molar refractivity (Wildman–Crippen MR) is 486 cm³/mol. The highest BCUT2D eigenvalue weighted by atomic mass is 16.5. The third-order valence-corrected chi connectivity index (χ3v) is 22.6. The highest BCUT2D eigenvalue weighted by Crippen LogP contribution is 2.42. The van der Waals surface area contributed by atoms with E-state index in [-0.39, 0.29) is 11.8 Å². The zero-order valence-corrected chi connectivity index (χ0v) is 73.9. The molecule has 2 heterocycles. The normalized spacial score (nSPS) is 11.4. The van der Waals surface area contributed by atoms with Gasteiger partial charge >= 0.3 is 0 Å². The Balaban J connectivity index is 1.35. The zero-order valence-electron chi connectivity index (χ0n) is 73.9. The molecule has 0 aliphatic heterocycles. The summed E-state index contributed by atoms with van der Waals surface area (Å²) in [6, 6.07) is 23.0. The number of carbonyl (C=O) groups excluding carboxylic acids is 2. The number of unbranched alkanes of at least 4 members (excludes halogenated alkanes) is 54. The van der Waals surface area contributed by atoms with E-state index in [1.165, 1.54) is 308 Å². The van der Waals surface area contributed by atoms with Crippen LogP contribution < -0.4 is 39.1 Å². The van der Waals surface area contributed by atoms with E-state index in [1.807, 2.05) is 66.7 Å². The molecule has 0 aliphatic carbocycles. The molecule has 0 aliphatic rings. The molecule has 5 rings (SSSR count). The minimum atomic E-state index is -0.275. The number of aromatic nitrogens is 2. The molecule has 2 N–H and O–H groups in total. The van der Waals surface area contributed by atoms with Gasteiger partial charge in [0, 0.05) is 46.0 Å². The quantitative estimate of drug-likeness (QED) is 0.0362. The Labute approximate surface area is 697 Å². The fourth-order valence-corrected chi connectivity index (χ4v) is 15.3. The van der Waals surface area contributed by atoms with E-state index in [9.17, 15) is 9.59 Å². The number of carbonyl (C=O) groups is 2. The molecule has 3 aromatic carbocycles. The molecule has 0 unspecified atom stereocenters. The van der Waals surface area contributed by atoms with Crippen molar-refractivity contribution < 1.29 is 38.0 Å². The van der Waals surface area contributed by atoms with Crippen LogP contribution in [0, 0.1) is 0 Å². The van der Waals surface area contributed by atoms with Crippen LogP contribution in [0.2, 0.25) is 0 Å². The Bertz CT molecular complexity index is 2850. The molecule has 0 saturated carbocycles. The molecule has 0 atom stereocenters. The van der Waals surface area contributed by atoms with E-state index in [2.05, 4.69) is 58.2 Å². The van der Waals surface area contributed by atoms with Gasteiger partial charge in [-0.15, -0.1) is 0 Å². The summed E-state index contributed by atoms with van der Waals surface area (Å²) in [6.45, 7) is 16.9.